The summed E-state index contributed by atoms with van der Waals surface area (Å²) in [5.41, 5.74) is 2.87. The van der Waals surface area contributed by atoms with E-state index in [1.165, 1.54) is 12.1 Å². The summed E-state index contributed by atoms with van der Waals surface area (Å²) >= 11 is 0. The van der Waals surface area contributed by atoms with Crippen molar-refractivity contribution < 1.29 is 14.5 Å². The Labute approximate surface area is 129 Å². The second kappa shape index (κ2) is 7.53. The Morgan fingerprint density at radius 1 is 1.41 bits per heavy atom. The number of amides is 1. The molecule has 1 rings (SSSR count). The summed E-state index contributed by atoms with van der Waals surface area (Å²) in [6.45, 7) is 7.22. The van der Waals surface area contributed by atoms with Crippen molar-refractivity contribution in [2.24, 2.45) is 5.10 Å². The van der Waals surface area contributed by atoms with Crippen LogP contribution in [-0.4, -0.2) is 22.3 Å². The highest BCUT2D eigenvalue weighted by atomic mass is 16.6. The molecular formula is C15H21N3O4. The Hall–Kier alpha value is -2.44. The van der Waals surface area contributed by atoms with Crippen LogP contribution in [0.1, 0.15) is 46.1 Å². The zero-order valence-electron chi connectivity index (χ0n) is 13.3. The second-order valence-corrected chi connectivity index (χ2v) is 5.73. The maximum atomic E-state index is 11.6. The summed E-state index contributed by atoms with van der Waals surface area (Å²) in [6, 6.07) is 6.16. The molecule has 1 aromatic carbocycles. The summed E-state index contributed by atoms with van der Waals surface area (Å²) in [5, 5.41) is 14.9. The lowest BCUT2D eigenvalue weighted by atomic mass is 10.1. The molecule has 120 valence electrons. The van der Waals surface area contributed by atoms with Crippen LogP contribution in [0, 0.1) is 10.1 Å². The number of ether oxygens (including phenoxy) is 1. The number of hydrazone groups is 1. The lowest BCUT2D eigenvalue weighted by Crippen LogP contribution is -2.30. The zero-order chi connectivity index (χ0) is 16.8. The van der Waals surface area contributed by atoms with Gasteiger partial charge in [-0.2, -0.15) is 5.10 Å². The fraction of sp³-hybridized carbons (Fsp3) is 0.467. The standard InChI is InChI=1S/C15H21N3O4/c1-5-7-13(16-17-14(19)22-15(2,3)4)11-8-6-9-12(10-11)18(20)21/h6,8-10H,5,7H2,1-4H3,(H,17,19)/b16-13-. The van der Waals surface area contributed by atoms with E-state index in [0.717, 1.165) is 6.42 Å². The molecule has 0 aromatic heterocycles. The molecule has 0 aliphatic heterocycles. The van der Waals surface area contributed by atoms with E-state index in [4.69, 9.17) is 4.74 Å². The van der Waals surface area contributed by atoms with Crippen LogP contribution in [0.2, 0.25) is 0 Å². The van der Waals surface area contributed by atoms with Crippen molar-refractivity contribution in [1.29, 1.82) is 0 Å². The van der Waals surface area contributed by atoms with Crippen LogP contribution in [0.3, 0.4) is 0 Å². The van der Waals surface area contributed by atoms with E-state index in [-0.39, 0.29) is 5.69 Å². The largest absolute Gasteiger partial charge is 0.443 e. The summed E-state index contributed by atoms with van der Waals surface area (Å²) in [7, 11) is 0. The number of nitrogens with zero attached hydrogens (tertiary/aromatic N) is 2. The number of benzene rings is 1. The molecule has 7 heteroatoms. The molecule has 1 aromatic rings. The van der Waals surface area contributed by atoms with Crippen LogP contribution in [0.15, 0.2) is 29.4 Å². The normalized spacial score (nSPS) is 11.9. The summed E-state index contributed by atoms with van der Waals surface area (Å²) < 4.78 is 5.10. The van der Waals surface area contributed by atoms with Crippen molar-refractivity contribution in [1.82, 2.24) is 5.43 Å². The van der Waals surface area contributed by atoms with Crippen molar-refractivity contribution in [2.45, 2.75) is 46.1 Å². The molecule has 0 saturated heterocycles. The molecule has 7 nitrogen and oxygen atoms in total. The molecule has 0 unspecified atom stereocenters. The van der Waals surface area contributed by atoms with Crippen molar-refractivity contribution >= 4 is 17.5 Å². The van der Waals surface area contributed by atoms with Crippen molar-refractivity contribution in [2.75, 3.05) is 0 Å². The average Bonchev–Trinajstić information content (AvgIpc) is 2.41. The first-order chi connectivity index (χ1) is 10.2. The monoisotopic (exact) mass is 307 g/mol. The Kier molecular flexibility index (Phi) is 6.03. The highest BCUT2D eigenvalue weighted by Gasteiger charge is 2.16. The lowest BCUT2D eigenvalue weighted by molar-refractivity contribution is -0.384. The molecule has 0 radical (unpaired) electrons. The number of hydrogen-bond acceptors (Lipinski definition) is 5. The summed E-state index contributed by atoms with van der Waals surface area (Å²) in [4.78, 5) is 22.0. The van der Waals surface area contributed by atoms with E-state index in [2.05, 4.69) is 10.5 Å². The average molecular weight is 307 g/mol. The van der Waals surface area contributed by atoms with Crippen LogP contribution in [0.5, 0.6) is 0 Å². The van der Waals surface area contributed by atoms with E-state index in [9.17, 15) is 14.9 Å². The molecule has 22 heavy (non-hydrogen) atoms. The van der Waals surface area contributed by atoms with E-state index in [1.54, 1.807) is 32.9 Å². The number of hydrogen-bond donors (Lipinski definition) is 1. The molecule has 0 heterocycles. The summed E-state index contributed by atoms with van der Waals surface area (Å²) in [5.74, 6) is 0. The predicted molar refractivity (Wildman–Crippen MR) is 83.9 cm³/mol. The smallest absolute Gasteiger partial charge is 0.428 e. The topological polar surface area (TPSA) is 93.8 Å². The SMILES string of the molecule is CCC/C(=N/NC(=O)OC(C)(C)C)c1cccc([N+](=O)[O-])c1. The molecule has 0 aliphatic rings. The van der Waals surface area contributed by atoms with Gasteiger partial charge in [0.05, 0.1) is 10.6 Å². The van der Waals surface area contributed by atoms with Crippen LogP contribution in [0.4, 0.5) is 10.5 Å². The van der Waals surface area contributed by atoms with Gasteiger partial charge in [0.2, 0.25) is 0 Å². The Bertz CT molecular complexity index is 576. The first-order valence-electron chi connectivity index (χ1n) is 7.03. The molecule has 1 amide bonds. The van der Waals surface area contributed by atoms with E-state index < -0.39 is 16.6 Å². The highest BCUT2D eigenvalue weighted by Crippen LogP contribution is 2.15. The third-order valence-corrected chi connectivity index (χ3v) is 2.56. The van der Waals surface area contributed by atoms with Crippen LogP contribution < -0.4 is 5.43 Å². The predicted octanol–water partition coefficient (Wildman–Crippen LogP) is 3.62. The summed E-state index contributed by atoms with van der Waals surface area (Å²) in [6.07, 6.45) is 0.709. The number of nitro benzene ring substituents is 1. The number of rotatable bonds is 5. The van der Waals surface area contributed by atoms with E-state index in [0.29, 0.717) is 17.7 Å². The Balaban J connectivity index is 2.93. The molecule has 1 N–H and O–H groups in total. The Morgan fingerprint density at radius 2 is 2.09 bits per heavy atom. The van der Waals surface area contributed by atoms with E-state index in [1.807, 2.05) is 6.92 Å². The molecule has 0 aliphatic carbocycles. The van der Waals surface area contributed by atoms with Crippen LogP contribution in [0.25, 0.3) is 0 Å². The third kappa shape index (κ3) is 5.90. The van der Waals surface area contributed by atoms with Crippen molar-refractivity contribution in [3.8, 4) is 0 Å². The second-order valence-electron chi connectivity index (χ2n) is 5.73. The van der Waals surface area contributed by atoms with Gasteiger partial charge in [-0.15, -0.1) is 0 Å². The fourth-order valence-electron chi connectivity index (χ4n) is 1.71. The number of nitro groups is 1. The first-order valence-corrected chi connectivity index (χ1v) is 7.03. The van der Waals surface area contributed by atoms with Gasteiger partial charge in [-0.25, -0.2) is 10.2 Å². The van der Waals surface area contributed by atoms with Crippen molar-refractivity contribution in [3.05, 3.63) is 39.9 Å². The fourth-order valence-corrected chi connectivity index (χ4v) is 1.71. The third-order valence-electron chi connectivity index (χ3n) is 2.56. The maximum Gasteiger partial charge on any atom is 0.428 e. The van der Waals surface area contributed by atoms with Gasteiger partial charge >= 0.3 is 6.09 Å². The Morgan fingerprint density at radius 3 is 2.64 bits per heavy atom. The molecule has 0 saturated carbocycles. The van der Waals surface area contributed by atoms with Gasteiger partial charge in [0.1, 0.15) is 5.60 Å². The van der Waals surface area contributed by atoms with Gasteiger partial charge in [-0.3, -0.25) is 10.1 Å². The number of carbonyl (C=O) groups is 1. The van der Waals surface area contributed by atoms with Gasteiger partial charge in [-0.1, -0.05) is 25.5 Å². The highest BCUT2D eigenvalue weighted by molar-refractivity contribution is 6.01. The number of nitrogens with one attached hydrogen (secondary N) is 1. The van der Waals surface area contributed by atoms with Gasteiger partial charge < -0.3 is 4.74 Å². The molecule has 0 atom stereocenters. The van der Waals surface area contributed by atoms with Gasteiger partial charge in [0.15, 0.2) is 0 Å². The molecule has 0 bridgehead atoms. The van der Waals surface area contributed by atoms with Gasteiger partial charge in [0.25, 0.3) is 5.69 Å². The lowest BCUT2D eigenvalue weighted by Gasteiger charge is -2.18. The molecule has 0 fully saturated rings. The zero-order valence-corrected chi connectivity index (χ0v) is 13.3. The number of non-ortho nitro benzene ring substituents is 1. The van der Waals surface area contributed by atoms with Gasteiger partial charge in [0, 0.05) is 17.7 Å². The minimum Gasteiger partial charge on any atom is -0.443 e. The minimum absolute atomic E-state index is 0.0152. The molecule has 0 spiro atoms. The van der Waals surface area contributed by atoms with Crippen LogP contribution in [-0.2, 0) is 4.74 Å². The minimum atomic E-state index is -0.661. The quantitative estimate of drug-likeness (QED) is 0.510. The van der Waals surface area contributed by atoms with Crippen molar-refractivity contribution in [3.63, 3.8) is 0 Å². The maximum absolute atomic E-state index is 11.6. The first kappa shape index (κ1) is 17.6. The van der Waals surface area contributed by atoms with E-state index >= 15 is 0 Å². The van der Waals surface area contributed by atoms with Crippen LogP contribution >= 0.6 is 0 Å². The van der Waals surface area contributed by atoms with Gasteiger partial charge in [-0.05, 0) is 27.2 Å². The molecular weight excluding hydrogens is 286 g/mol. The number of carbonyl (C=O) groups excluding carboxylic acids is 1.